The number of halogens is 2. The van der Waals surface area contributed by atoms with Crippen molar-refractivity contribution in [1.29, 1.82) is 0 Å². The molecule has 116 valence electrons. The number of hydrogen-bond donors (Lipinski definition) is 1. The van der Waals surface area contributed by atoms with Crippen LogP contribution in [-0.2, 0) is 11.3 Å². The summed E-state index contributed by atoms with van der Waals surface area (Å²) in [4.78, 5) is 6.37. The number of ether oxygens (including phenoxy) is 1. The van der Waals surface area contributed by atoms with Gasteiger partial charge in [-0.05, 0) is 30.2 Å². The summed E-state index contributed by atoms with van der Waals surface area (Å²) in [7, 11) is 3.76. The molecule has 0 radical (unpaired) electrons. The van der Waals surface area contributed by atoms with Gasteiger partial charge in [0.1, 0.15) is 5.82 Å². The van der Waals surface area contributed by atoms with Gasteiger partial charge in [0.25, 0.3) is 0 Å². The second-order valence-corrected chi connectivity index (χ2v) is 6.10. The number of rotatable bonds is 4. The van der Waals surface area contributed by atoms with Crippen LogP contribution in [0.2, 0.25) is 0 Å². The van der Waals surface area contributed by atoms with E-state index in [9.17, 15) is 4.39 Å². The lowest BCUT2D eigenvalue weighted by Crippen LogP contribution is -2.41. The predicted molar refractivity (Wildman–Crippen MR) is 85.9 cm³/mol. The molecule has 6 heteroatoms. The van der Waals surface area contributed by atoms with E-state index in [4.69, 9.17) is 4.74 Å². The average Bonchev–Trinajstić information content (AvgIpc) is 2.96. The van der Waals surface area contributed by atoms with Gasteiger partial charge >= 0.3 is 0 Å². The van der Waals surface area contributed by atoms with Crippen LogP contribution in [0, 0.1) is 11.7 Å². The minimum atomic E-state index is -0.235. The first-order valence-corrected chi connectivity index (χ1v) is 7.83. The molecule has 1 fully saturated rings. The monoisotopic (exact) mass is 357 g/mol. The van der Waals surface area contributed by atoms with Crippen molar-refractivity contribution in [3.8, 4) is 0 Å². The van der Waals surface area contributed by atoms with E-state index in [1.54, 1.807) is 13.1 Å². The molecule has 1 heterocycles. The molecule has 1 aromatic carbocycles. The molecule has 2 rings (SSSR count). The minimum Gasteiger partial charge on any atom is -0.381 e. The fourth-order valence-corrected chi connectivity index (χ4v) is 2.83. The zero-order chi connectivity index (χ0) is 15.2. The van der Waals surface area contributed by atoms with Gasteiger partial charge in [-0.15, -0.1) is 0 Å². The highest BCUT2D eigenvalue weighted by atomic mass is 79.9. The van der Waals surface area contributed by atoms with E-state index >= 15 is 0 Å². The van der Waals surface area contributed by atoms with E-state index in [0.717, 1.165) is 42.2 Å². The van der Waals surface area contributed by atoms with Crippen LogP contribution in [0.4, 0.5) is 4.39 Å². The largest absolute Gasteiger partial charge is 0.381 e. The van der Waals surface area contributed by atoms with Gasteiger partial charge in [-0.1, -0.05) is 15.9 Å². The Hall–Kier alpha value is -1.14. The Morgan fingerprint density at radius 2 is 2.38 bits per heavy atom. The molecule has 1 atom stereocenters. The van der Waals surface area contributed by atoms with Crippen LogP contribution in [0.5, 0.6) is 0 Å². The molecular weight excluding hydrogens is 337 g/mol. The van der Waals surface area contributed by atoms with Crippen molar-refractivity contribution in [3.63, 3.8) is 0 Å². The van der Waals surface area contributed by atoms with Gasteiger partial charge in [0, 0.05) is 44.2 Å². The molecule has 1 saturated heterocycles. The van der Waals surface area contributed by atoms with Gasteiger partial charge in [0.2, 0.25) is 0 Å². The van der Waals surface area contributed by atoms with Crippen molar-refractivity contribution in [1.82, 2.24) is 10.2 Å². The molecule has 0 amide bonds. The summed E-state index contributed by atoms with van der Waals surface area (Å²) in [6.45, 7) is 3.10. The standard InChI is InChI=1S/C15H21BrFN3O/c1-18-15(20(2)9-11-5-6-21-10-11)19-8-12-7-13(17)3-4-14(12)16/h3-4,7,11H,5-6,8-10H2,1-2H3,(H,18,19). The Balaban J connectivity index is 1.91. The van der Waals surface area contributed by atoms with Gasteiger partial charge < -0.3 is 15.0 Å². The summed E-state index contributed by atoms with van der Waals surface area (Å²) < 4.78 is 19.6. The topological polar surface area (TPSA) is 36.9 Å². The van der Waals surface area contributed by atoms with Gasteiger partial charge in [-0.2, -0.15) is 0 Å². The van der Waals surface area contributed by atoms with E-state index < -0.39 is 0 Å². The summed E-state index contributed by atoms with van der Waals surface area (Å²) in [6.07, 6.45) is 1.09. The minimum absolute atomic E-state index is 0.235. The smallest absolute Gasteiger partial charge is 0.193 e. The highest BCUT2D eigenvalue weighted by Gasteiger charge is 2.19. The number of hydrogen-bond acceptors (Lipinski definition) is 2. The van der Waals surface area contributed by atoms with Gasteiger partial charge in [-0.25, -0.2) is 4.39 Å². The molecule has 0 bridgehead atoms. The Morgan fingerprint density at radius 1 is 1.57 bits per heavy atom. The summed E-state index contributed by atoms with van der Waals surface area (Å²) in [5.41, 5.74) is 0.869. The van der Waals surface area contributed by atoms with Crippen LogP contribution < -0.4 is 5.32 Å². The number of aliphatic imine (C=N–C) groups is 1. The van der Waals surface area contributed by atoms with Crippen molar-refractivity contribution in [2.75, 3.05) is 33.9 Å². The van der Waals surface area contributed by atoms with Crippen molar-refractivity contribution < 1.29 is 9.13 Å². The number of guanidine groups is 1. The molecule has 1 aliphatic rings. The van der Waals surface area contributed by atoms with Crippen molar-refractivity contribution in [3.05, 3.63) is 34.1 Å². The third kappa shape index (κ3) is 4.68. The molecule has 0 saturated carbocycles. The van der Waals surface area contributed by atoms with Gasteiger partial charge in [-0.3, -0.25) is 4.99 Å². The van der Waals surface area contributed by atoms with Crippen LogP contribution in [0.15, 0.2) is 27.7 Å². The van der Waals surface area contributed by atoms with Crippen LogP contribution in [0.1, 0.15) is 12.0 Å². The molecule has 1 aliphatic heterocycles. The number of benzene rings is 1. The third-order valence-electron chi connectivity index (χ3n) is 3.57. The second-order valence-electron chi connectivity index (χ2n) is 5.25. The molecule has 0 aliphatic carbocycles. The Kier molecular flexibility index (Phi) is 5.99. The maximum absolute atomic E-state index is 13.3. The molecule has 1 aromatic rings. The van der Waals surface area contributed by atoms with Crippen molar-refractivity contribution in [2.24, 2.45) is 10.9 Å². The van der Waals surface area contributed by atoms with Gasteiger partial charge in [0.15, 0.2) is 5.96 Å². The van der Waals surface area contributed by atoms with Crippen LogP contribution in [-0.4, -0.2) is 44.7 Å². The molecule has 0 spiro atoms. The summed E-state index contributed by atoms with van der Waals surface area (Å²) in [5.74, 6) is 1.12. The molecular formula is C15H21BrFN3O. The molecule has 21 heavy (non-hydrogen) atoms. The summed E-state index contributed by atoms with van der Waals surface area (Å²) in [5, 5.41) is 3.27. The number of nitrogens with zero attached hydrogens (tertiary/aromatic N) is 2. The molecule has 4 nitrogen and oxygen atoms in total. The van der Waals surface area contributed by atoms with E-state index in [1.165, 1.54) is 12.1 Å². The Labute approximate surface area is 133 Å². The maximum Gasteiger partial charge on any atom is 0.193 e. The molecule has 1 N–H and O–H groups in total. The molecule has 0 aromatic heterocycles. The van der Waals surface area contributed by atoms with E-state index in [1.807, 2.05) is 7.05 Å². The quantitative estimate of drug-likeness (QED) is 0.664. The normalized spacial score (nSPS) is 18.9. The first kappa shape index (κ1) is 16.2. The van der Waals surface area contributed by atoms with Crippen molar-refractivity contribution >= 4 is 21.9 Å². The highest BCUT2D eigenvalue weighted by Crippen LogP contribution is 2.18. The average molecular weight is 358 g/mol. The molecule has 1 unspecified atom stereocenters. The summed E-state index contributed by atoms with van der Waals surface area (Å²) >= 11 is 3.43. The lowest BCUT2D eigenvalue weighted by atomic mass is 10.1. The summed E-state index contributed by atoms with van der Waals surface area (Å²) in [6, 6.07) is 4.68. The van der Waals surface area contributed by atoms with Crippen LogP contribution >= 0.6 is 15.9 Å². The van der Waals surface area contributed by atoms with E-state index in [-0.39, 0.29) is 5.82 Å². The fraction of sp³-hybridized carbons (Fsp3) is 0.533. The Bertz CT molecular complexity index is 504. The van der Waals surface area contributed by atoms with Crippen molar-refractivity contribution in [2.45, 2.75) is 13.0 Å². The fourth-order valence-electron chi connectivity index (χ4n) is 2.44. The first-order valence-electron chi connectivity index (χ1n) is 7.03. The predicted octanol–water partition coefficient (Wildman–Crippen LogP) is 2.63. The second kappa shape index (κ2) is 7.75. The zero-order valence-electron chi connectivity index (χ0n) is 12.4. The Morgan fingerprint density at radius 3 is 3.05 bits per heavy atom. The number of nitrogens with one attached hydrogen (secondary N) is 1. The first-order chi connectivity index (χ1) is 10.1. The van der Waals surface area contributed by atoms with E-state index in [2.05, 4.69) is 31.1 Å². The zero-order valence-corrected chi connectivity index (χ0v) is 14.0. The lowest BCUT2D eigenvalue weighted by molar-refractivity contribution is 0.181. The third-order valence-corrected chi connectivity index (χ3v) is 4.35. The highest BCUT2D eigenvalue weighted by molar-refractivity contribution is 9.10. The lowest BCUT2D eigenvalue weighted by Gasteiger charge is -2.24. The van der Waals surface area contributed by atoms with Crippen LogP contribution in [0.3, 0.4) is 0 Å². The van der Waals surface area contributed by atoms with E-state index in [0.29, 0.717) is 12.5 Å². The SMILES string of the molecule is CN=C(NCc1cc(F)ccc1Br)N(C)CC1CCOC1. The van der Waals surface area contributed by atoms with Gasteiger partial charge in [0.05, 0.1) is 6.61 Å². The maximum atomic E-state index is 13.3. The van der Waals surface area contributed by atoms with Crippen LogP contribution in [0.25, 0.3) is 0 Å².